The first-order chi connectivity index (χ1) is 26.5. The Hall–Kier alpha value is -5.30. The van der Waals surface area contributed by atoms with E-state index in [2.05, 4.69) is 109 Å². The van der Waals surface area contributed by atoms with Crippen LogP contribution in [0, 0.1) is 0 Å². The molecule has 2 fully saturated rings. The molecule has 54 heavy (non-hydrogen) atoms. The average molecular weight is 715 g/mol. The number of ketones is 2. The van der Waals surface area contributed by atoms with E-state index in [1.54, 1.807) is 12.1 Å². The third-order valence-electron chi connectivity index (χ3n) is 12.1. The molecule has 3 aliphatic rings. The summed E-state index contributed by atoms with van der Waals surface area (Å²) in [5, 5.41) is 4.53. The van der Waals surface area contributed by atoms with Gasteiger partial charge in [0.2, 0.25) is 0 Å². The zero-order valence-electron chi connectivity index (χ0n) is 31.0. The van der Waals surface area contributed by atoms with Gasteiger partial charge >= 0.3 is 0 Å². The van der Waals surface area contributed by atoms with Gasteiger partial charge in [-0.05, 0) is 86.5 Å². The van der Waals surface area contributed by atoms with Crippen LogP contribution in [0.3, 0.4) is 0 Å². The maximum atomic E-state index is 14.8. The van der Waals surface area contributed by atoms with E-state index < -0.39 is 0 Å². The van der Waals surface area contributed by atoms with Crippen LogP contribution in [-0.4, -0.2) is 60.6 Å². The number of carbonyl (C=O) groups is 2. The maximum Gasteiger partial charge on any atom is 0.198 e. The highest BCUT2D eigenvalue weighted by molar-refractivity contribution is 6.30. The summed E-state index contributed by atoms with van der Waals surface area (Å²) in [5.41, 5.74) is 3.51. The quantitative estimate of drug-likeness (QED) is 0.156. The minimum absolute atomic E-state index is 0.0791. The molecule has 1 aliphatic carbocycles. The summed E-state index contributed by atoms with van der Waals surface area (Å²) < 4.78 is 14.4. The van der Waals surface area contributed by atoms with E-state index in [0.29, 0.717) is 22.6 Å². The Bertz CT molecular complexity index is 2210. The van der Waals surface area contributed by atoms with E-state index >= 15 is 0 Å². The van der Waals surface area contributed by atoms with Crippen molar-refractivity contribution >= 4 is 33.1 Å². The summed E-state index contributed by atoms with van der Waals surface area (Å²) in [4.78, 5) is 34.3. The lowest BCUT2D eigenvalue weighted by Gasteiger charge is -2.40. The molecule has 6 aromatic carbocycles. The fourth-order valence-corrected chi connectivity index (χ4v) is 9.30. The molecule has 0 aromatic heterocycles. The number of hydrogen-bond acceptors (Lipinski definition) is 6. The van der Waals surface area contributed by atoms with Crippen LogP contribution in [0.4, 0.5) is 0 Å². The number of rotatable bonds is 8. The standard InChI is InChI=1S/C48H46N2O4/c1-49-29-11-9-25-39(49)47(37-23-13-17-31-15-3-5-19-33(31)37)53-41-27-28-42(44-43(41)45(51)35-21-7-8-22-36(35)46(44)52)54-48(40-26-10-12-30-50(40)2)38-24-14-18-32-16-4-6-20-34(32)38/h3-8,13-24,27-28,39-40,47-48H,9-12,25-26,29-30H2,1-2H3/t39-,40-,47-,48-/m0/s1. The molecule has 2 aliphatic heterocycles. The topological polar surface area (TPSA) is 59.1 Å². The second-order valence-electron chi connectivity index (χ2n) is 15.3. The van der Waals surface area contributed by atoms with Crippen LogP contribution in [0.15, 0.2) is 121 Å². The molecule has 6 aromatic rings. The monoisotopic (exact) mass is 714 g/mol. The van der Waals surface area contributed by atoms with Gasteiger partial charge < -0.3 is 9.47 Å². The van der Waals surface area contributed by atoms with Crippen LogP contribution in [0.1, 0.15) is 93.7 Å². The van der Waals surface area contributed by atoms with Crippen molar-refractivity contribution in [1.29, 1.82) is 0 Å². The molecule has 9 rings (SSSR count). The van der Waals surface area contributed by atoms with Gasteiger partial charge in [-0.25, -0.2) is 0 Å². The van der Waals surface area contributed by atoms with Crippen molar-refractivity contribution in [2.45, 2.75) is 62.8 Å². The number of likely N-dealkylation sites (N-methyl/N-ethyl adjacent to an activating group) is 2. The number of nitrogens with zero attached hydrogens (tertiary/aromatic N) is 2. The van der Waals surface area contributed by atoms with E-state index in [-0.39, 0.29) is 47.0 Å². The molecule has 0 unspecified atom stereocenters. The second-order valence-corrected chi connectivity index (χ2v) is 15.3. The van der Waals surface area contributed by atoms with Gasteiger partial charge in [0.05, 0.1) is 23.2 Å². The van der Waals surface area contributed by atoms with Crippen LogP contribution >= 0.6 is 0 Å². The van der Waals surface area contributed by atoms with E-state index in [4.69, 9.17) is 9.47 Å². The summed E-state index contributed by atoms with van der Waals surface area (Å²) in [6.07, 6.45) is 5.63. The molecule has 2 saturated heterocycles. The third-order valence-corrected chi connectivity index (χ3v) is 12.1. The molecule has 0 bridgehead atoms. The molecular weight excluding hydrogens is 669 g/mol. The maximum absolute atomic E-state index is 14.8. The van der Waals surface area contributed by atoms with E-state index in [1.807, 2.05) is 24.3 Å². The van der Waals surface area contributed by atoms with Gasteiger partial charge in [-0.2, -0.15) is 0 Å². The van der Waals surface area contributed by atoms with Crippen LogP contribution < -0.4 is 9.47 Å². The molecule has 0 N–H and O–H groups in total. The van der Waals surface area contributed by atoms with Crippen molar-refractivity contribution in [2.24, 2.45) is 0 Å². The second kappa shape index (κ2) is 14.5. The Kier molecular flexibility index (Phi) is 9.26. The van der Waals surface area contributed by atoms with Crippen LogP contribution in [0.5, 0.6) is 11.5 Å². The van der Waals surface area contributed by atoms with Crippen molar-refractivity contribution < 1.29 is 19.1 Å². The summed E-state index contributed by atoms with van der Waals surface area (Å²) in [5.74, 6) is 0.397. The SMILES string of the molecule is CN1CCCC[C@H]1[C@@H](Oc1ccc(O[C@@H](c2cccc3ccccc23)[C@@H]2CCCCN2C)c2c1C(=O)c1ccccc1C2=O)c1cccc2ccccc12. The number of ether oxygens (including phenoxy) is 2. The number of hydrogen-bond donors (Lipinski definition) is 0. The Morgan fingerprint density at radius 1 is 0.500 bits per heavy atom. The number of fused-ring (bicyclic) bond motifs is 4. The summed E-state index contributed by atoms with van der Waals surface area (Å²) in [6.45, 7) is 1.94. The van der Waals surface area contributed by atoms with Gasteiger partial charge in [-0.1, -0.05) is 122 Å². The largest absolute Gasteiger partial charge is 0.483 e. The van der Waals surface area contributed by atoms with E-state index in [0.717, 1.165) is 84.3 Å². The number of benzene rings is 6. The lowest BCUT2D eigenvalue weighted by Crippen LogP contribution is -2.43. The van der Waals surface area contributed by atoms with Crippen molar-refractivity contribution in [1.82, 2.24) is 9.80 Å². The zero-order chi connectivity index (χ0) is 36.8. The highest BCUT2D eigenvalue weighted by Crippen LogP contribution is 2.45. The molecule has 4 atom stereocenters. The molecule has 0 amide bonds. The van der Waals surface area contributed by atoms with Crippen LogP contribution in [0.2, 0.25) is 0 Å². The molecule has 0 saturated carbocycles. The predicted molar refractivity (Wildman–Crippen MR) is 215 cm³/mol. The van der Waals surface area contributed by atoms with Crippen molar-refractivity contribution in [3.05, 3.63) is 155 Å². The van der Waals surface area contributed by atoms with Gasteiger partial charge in [0.1, 0.15) is 23.7 Å². The van der Waals surface area contributed by atoms with E-state index in [9.17, 15) is 9.59 Å². The minimum Gasteiger partial charge on any atom is -0.483 e. The van der Waals surface area contributed by atoms with Gasteiger partial charge in [0.15, 0.2) is 11.6 Å². The van der Waals surface area contributed by atoms with Gasteiger partial charge in [0, 0.05) is 22.3 Å². The zero-order valence-corrected chi connectivity index (χ0v) is 31.0. The van der Waals surface area contributed by atoms with Crippen molar-refractivity contribution in [3.8, 4) is 11.5 Å². The van der Waals surface area contributed by atoms with Gasteiger partial charge in [-0.3, -0.25) is 19.4 Å². The van der Waals surface area contributed by atoms with Gasteiger partial charge in [0.25, 0.3) is 0 Å². The normalized spacial score (nSPS) is 20.3. The first kappa shape index (κ1) is 34.5. The number of piperidine rings is 2. The number of carbonyl (C=O) groups excluding carboxylic acids is 2. The molecule has 0 spiro atoms. The molecule has 2 heterocycles. The average Bonchev–Trinajstić information content (AvgIpc) is 3.21. The van der Waals surface area contributed by atoms with Crippen LogP contribution in [-0.2, 0) is 0 Å². The molecule has 0 radical (unpaired) electrons. The molecule has 6 nitrogen and oxygen atoms in total. The summed E-state index contributed by atoms with van der Waals surface area (Å²) >= 11 is 0. The third kappa shape index (κ3) is 6.08. The first-order valence-electron chi connectivity index (χ1n) is 19.5. The lowest BCUT2D eigenvalue weighted by atomic mass is 9.82. The smallest absolute Gasteiger partial charge is 0.198 e. The Morgan fingerprint density at radius 2 is 0.907 bits per heavy atom. The van der Waals surface area contributed by atoms with Crippen LogP contribution in [0.25, 0.3) is 21.5 Å². The Morgan fingerprint density at radius 3 is 1.35 bits per heavy atom. The first-order valence-corrected chi connectivity index (χ1v) is 19.5. The fraction of sp³-hybridized carbons (Fsp3) is 0.292. The predicted octanol–water partition coefficient (Wildman–Crippen LogP) is 9.98. The molecule has 272 valence electrons. The Balaban J connectivity index is 1.21. The van der Waals surface area contributed by atoms with Crippen molar-refractivity contribution in [2.75, 3.05) is 27.2 Å². The lowest BCUT2D eigenvalue weighted by molar-refractivity contribution is 0.0538. The van der Waals surface area contributed by atoms with Gasteiger partial charge in [-0.15, -0.1) is 0 Å². The molecule has 6 heteroatoms. The summed E-state index contributed by atoms with van der Waals surface area (Å²) in [7, 11) is 4.33. The molecular formula is C48H46N2O4. The number of likely N-dealkylation sites (tertiary alicyclic amines) is 2. The fourth-order valence-electron chi connectivity index (χ4n) is 9.30. The Labute approximate surface area is 317 Å². The summed E-state index contributed by atoms with van der Waals surface area (Å²) in [6, 6.07) is 40.6. The van der Waals surface area contributed by atoms with E-state index in [1.165, 1.54) is 0 Å². The minimum atomic E-state index is -0.378. The highest BCUT2D eigenvalue weighted by Gasteiger charge is 2.40. The highest BCUT2D eigenvalue weighted by atomic mass is 16.5. The van der Waals surface area contributed by atoms with Crippen molar-refractivity contribution in [3.63, 3.8) is 0 Å².